The van der Waals surface area contributed by atoms with Gasteiger partial charge < -0.3 is 0 Å². The van der Waals surface area contributed by atoms with E-state index < -0.39 is 85.7 Å². The summed E-state index contributed by atoms with van der Waals surface area (Å²) in [5.41, 5.74) is -2.21. The van der Waals surface area contributed by atoms with Crippen LogP contribution in [-0.4, -0.2) is 51.9 Å². The summed E-state index contributed by atoms with van der Waals surface area (Å²) in [5, 5.41) is 0. The van der Waals surface area contributed by atoms with Crippen molar-refractivity contribution < 1.29 is 51.9 Å². The Morgan fingerprint density at radius 3 is 0.923 bits per heavy atom. The summed E-state index contributed by atoms with van der Waals surface area (Å²) in [6.07, 6.45) is 0. The van der Waals surface area contributed by atoms with E-state index in [1.54, 1.807) is 0 Å². The summed E-state index contributed by atoms with van der Waals surface area (Å²) in [6, 6.07) is 1.75. The first-order chi connectivity index (χ1) is 11.4. The maximum atomic E-state index is 11.2. The highest BCUT2D eigenvalue weighted by Crippen LogP contribution is 2.26. The molecule has 0 radical (unpaired) electrons. The zero-order chi connectivity index (χ0) is 20.6. The van der Waals surface area contributed by atoms with Crippen LogP contribution in [0.15, 0.2) is 12.1 Å². The Hall–Kier alpha value is -1.14. The molecule has 26 heavy (non-hydrogen) atoms. The highest BCUT2D eigenvalue weighted by atomic mass is 32.2. The molecular formula is C10H14O12S4. The zero-order valence-corrected chi connectivity index (χ0v) is 15.9. The number of rotatable bonds is 8. The Bertz CT molecular complexity index is 1020. The van der Waals surface area contributed by atoms with Gasteiger partial charge in [-0.1, -0.05) is 12.1 Å². The smallest absolute Gasteiger partial charge is 0.269 e. The molecule has 0 saturated heterocycles. The number of hydrogen-bond donors (Lipinski definition) is 4. The summed E-state index contributed by atoms with van der Waals surface area (Å²) in [5.74, 6) is -5.02. The molecule has 0 atom stereocenters. The second-order valence-electron chi connectivity index (χ2n) is 5.25. The van der Waals surface area contributed by atoms with Gasteiger partial charge in [-0.05, 0) is 22.3 Å². The van der Waals surface area contributed by atoms with Crippen molar-refractivity contribution in [1.82, 2.24) is 0 Å². The van der Waals surface area contributed by atoms with Gasteiger partial charge in [0.1, 0.15) is 23.0 Å². The van der Waals surface area contributed by atoms with E-state index in [0.717, 1.165) is 12.1 Å². The van der Waals surface area contributed by atoms with E-state index in [0.29, 0.717) is 0 Å². The minimum absolute atomic E-state index is 0.456. The Morgan fingerprint density at radius 1 is 0.500 bits per heavy atom. The topological polar surface area (TPSA) is 217 Å². The first-order valence-corrected chi connectivity index (χ1v) is 12.7. The highest BCUT2D eigenvalue weighted by molar-refractivity contribution is 7.86. The van der Waals surface area contributed by atoms with E-state index >= 15 is 0 Å². The first-order valence-electron chi connectivity index (χ1n) is 6.29. The molecule has 0 saturated carbocycles. The van der Waals surface area contributed by atoms with Crippen molar-refractivity contribution >= 4 is 40.5 Å². The maximum Gasteiger partial charge on any atom is 0.269 e. The van der Waals surface area contributed by atoms with Crippen LogP contribution in [0.2, 0.25) is 0 Å². The summed E-state index contributed by atoms with van der Waals surface area (Å²) < 4.78 is 125. The van der Waals surface area contributed by atoms with E-state index in [1.165, 1.54) is 0 Å². The van der Waals surface area contributed by atoms with Gasteiger partial charge in [0.25, 0.3) is 40.5 Å². The van der Waals surface area contributed by atoms with Crippen LogP contribution >= 0.6 is 0 Å². The van der Waals surface area contributed by atoms with Gasteiger partial charge in [0.05, 0.1) is 0 Å². The number of hydrogen-bond acceptors (Lipinski definition) is 8. The molecule has 0 aliphatic heterocycles. The van der Waals surface area contributed by atoms with Gasteiger partial charge in [0, 0.05) is 0 Å². The highest BCUT2D eigenvalue weighted by Gasteiger charge is 2.25. The molecule has 0 amide bonds. The van der Waals surface area contributed by atoms with Gasteiger partial charge in [0.15, 0.2) is 0 Å². The van der Waals surface area contributed by atoms with Crippen LogP contribution in [0.5, 0.6) is 0 Å². The van der Waals surface area contributed by atoms with E-state index in [9.17, 15) is 33.7 Å². The van der Waals surface area contributed by atoms with Crippen molar-refractivity contribution in [1.29, 1.82) is 0 Å². The lowest BCUT2D eigenvalue weighted by molar-refractivity contribution is 0.475. The summed E-state index contributed by atoms with van der Waals surface area (Å²) in [7, 11) is -19.2. The van der Waals surface area contributed by atoms with Crippen LogP contribution in [0.25, 0.3) is 0 Å². The van der Waals surface area contributed by atoms with Crippen molar-refractivity contribution in [3.05, 3.63) is 34.4 Å². The second kappa shape index (κ2) is 7.47. The fourth-order valence-electron chi connectivity index (χ4n) is 2.18. The molecule has 0 spiro atoms. The quantitative estimate of drug-likeness (QED) is 0.356. The van der Waals surface area contributed by atoms with Gasteiger partial charge in [-0.15, -0.1) is 0 Å². The molecule has 1 aromatic carbocycles. The Balaban J connectivity index is 3.84. The molecule has 1 aromatic rings. The van der Waals surface area contributed by atoms with E-state index in [2.05, 4.69) is 0 Å². The van der Waals surface area contributed by atoms with Gasteiger partial charge in [-0.25, -0.2) is 0 Å². The van der Waals surface area contributed by atoms with Crippen LogP contribution in [0.3, 0.4) is 0 Å². The van der Waals surface area contributed by atoms with E-state index in [4.69, 9.17) is 18.2 Å². The zero-order valence-electron chi connectivity index (χ0n) is 12.7. The molecule has 0 aliphatic rings. The average Bonchev–Trinajstić information content (AvgIpc) is 2.30. The number of benzene rings is 1. The molecule has 0 heterocycles. The van der Waals surface area contributed by atoms with Gasteiger partial charge in [-0.3, -0.25) is 18.2 Å². The third kappa shape index (κ3) is 8.49. The van der Waals surface area contributed by atoms with Crippen molar-refractivity contribution in [3.8, 4) is 0 Å². The van der Waals surface area contributed by atoms with E-state index in [-0.39, 0.29) is 0 Å². The molecule has 0 aliphatic carbocycles. The molecule has 12 nitrogen and oxygen atoms in total. The normalized spacial score (nSPS) is 13.7. The van der Waals surface area contributed by atoms with Crippen LogP contribution < -0.4 is 0 Å². The lowest BCUT2D eigenvalue weighted by Crippen LogP contribution is -2.17. The minimum atomic E-state index is -4.86. The second-order valence-corrected chi connectivity index (χ2v) is 11.1. The molecule has 0 aromatic heterocycles. The van der Waals surface area contributed by atoms with Gasteiger partial charge in [0.2, 0.25) is 0 Å². The predicted octanol–water partition coefficient (Wildman–Crippen LogP) is -0.762. The molecule has 150 valence electrons. The van der Waals surface area contributed by atoms with E-state index in [1.807, 2.05) is 0 Å². The van der Waals surface area contributed by atoms with Gasteiger partial charge >= 0.3 is 0 Å². The van der Waals surface area contributed by atoms with Crippen LogP contribution in [0, 0.1) is 0 Å². The third-order valence-corrected chi connectivity index (χ3v) is 5.61. The third-order valence-electron chi connectivity index (χ3n) is 2.95. The summed E-state index contributed by atoms with van der Waals surface area (Å²) >= 11 is 0. The largest absolute Gasteiger partial charge is 0.285 e. The minimum Gasteiger partial charge on any atom is -0.285 e. The molecule has 16 heteroatoms. The molecule has 4 N–H and O–H groups in total. The Morgan fingerprint density at radius 2 is 0.731 bits per heavy atom. The SMILES string of the molecule is O=S(=O)(O)Cc1ccc(CS(=O)(=O)O)c(CS(=O)(=O)O)c1CS(=O)(=O)O. The van der Waals surface area contributed by atoms with Crippen molar-refractivity contribution in [2.75, 3.05) is 0 Å². The molecule has 1 rings (SSSR count). The molecule has 0 fully saturated rings. The van der Waals surface area contributed by atoms with Crippen LogP contribution in [0.4, 0.5) is 0 Å². The fraction of sp³-hybridized carbons (Fsp3) is 0.400. The lowest BCUT2D eigenvalue weighted by Gasteiger charge is -2.16. The molecule has 0 bridgehead atoms. The van der Waals surface area contributed by atoms with Crippen LogP contribution in [0.1, 0.15) is 22.3 Å². The monoisotopic (exact) mass is 454 g/mol. The van der Waals surface area contributed by atoms with Crippen molar-refractivity contribution in [2.24, 2.45) is 0 Å². The predicted molar refractivity (Wildman–Crippen MR) is 87.5 cm³/mol. The molecule has 0 unspecified atom stereocenters. The lowest BCUT2D eigenvalue weighted by atomic mass is 9.99. The first kappa shape index (κ1) is 22.9. The average molecular weight is 454 g/mol. The standard InChI is InChI=1S/C10H14O12S4/c11-23(12,13)3-7-1-2-8(4-24(14,15)16)10(6-26(20,21)22)9(7)5-25(17,18)19/h1-2H,3-6H2,(H,11,12,13)(H,14,15,16)(H,17,18,19)(H,20,21,22). The Labute approximate surface area is 149 Å². The molecular weight excluding hydrogens is 440 g/mol. The maximum absolute atomic E-state index is 11.2. The van der Waals surface area contributed by atoms with Crippen molar-refractivity contribution in [3.63, 3.8) is 0 Å². The Kier molecular flexibility index (Phi) is 6.58. The fourth-order valence-corrected chi connectivity index (χ4v) is 4.95. The van der Waals surface area contributed by atoms with Crippen LogP contribution in [-0.2, 0) is 63.5 Å². The summed E-state index contributed by atoms with van der Waals surface area (Å²) in [6.45, 7) is 0. The summed E-state index contributed by atoms with van der Waals surface area (Å²) in [4.78, 5) is 0. The van der Waals surface area contributed by atoms with Crippen molar-refractivity contribution in [2.45, 2.75) is 23.0 Å². The van der Waals surface area contributed by atoms with Gasteiger partial charge in [-0.2, -0.15) is 33.7 Å².